The number of nitrogens with two attached hydrogens (primary N) is 1. The first kappa shape index (κ1) is 17.6. The second-order valence-corrected chi connectivity index (χ2v) is 5.84. The van der Waals surface area contributed by atoms with Crippen molar-refractivity contribution in [1.82, 2.24) is 15.0 Å². The number of hydrogen-bond donors (Lipinski definition) is 1. The van der Waals surface area contributed by atoms with Crippen molar-refractivity contribution in [2.24, 2.45) is 0 Å². The predicted molar refractivity (Wildman–Crippen MR) is 105 cm³/mol. The van der Waals surface area contributed by atoms with Gasteiger partial charge in [0.15, 0.2) is 5.82 Å². The third kappa shape index (κ3) is 3.75. The van der Waals surface area contributed by atoms with Crippen LogP contribution >= 0.6 is 11.3 Å². The number of aromatic nitrogens is 3. The Balaban J connectivity index is 2.57. The summed E-state index contributed by atoms with van der Waals surface area (Å²) in [5.74, 6) is 0.351. The van der Waals surface area contributed by atoms with Gasteiger partial charge in [-0.2, -0.15) is 0 Å². The van der Waals surface area contributed by atoms with Crippen LogP contribution in [-0.4, -0.2) is 15.0 Å². The van der Waals surface area contributed by atoms with Gasteiger partial charge in [0.2, 0.25) is 0 Å². The Labute approximate surface area is 146 Å². The maximum Gasteiger partial charge on any atom is 0.152 e. The fourth-order valence-corrected chi connectivity index (χ4v) is 2.92. The molecule has 0 spiro atoms. The van der Waals surface area contributed by atoms with E-state index < -0.39 is 0 Å². The number of nitrogen functional groups attached to an aromatic ring is 1. The third-order valence-corrected chi connectivity index (χ3v) is 4.25. The van der Waals surface area contributed by atoms with Gasteiger partial charge in [0, 0.05) is 5.57 Å². The molecule has 0 saturated carbocycles. The molecule has 0 atom stereocenters. The zero-order valence-corrected chi connectivity index (χ0v) is 14.7. The highest BCUT2D eigenvalue weighted by molar-refractivity contribution is 7.16. The molecule has 0 bridgehead atoms. The Morgan fingerprint density at radius 3 is 2.62 bits per heavy atom. The molecule has 0 aliphatic heterocycles. The Morgan fingerprint density at radius 2 is 2.00 bits per heavy atom. The van der Waals surface area contributed by atoms with Crippen molar-refractivity contribution in [3.8, 4) is 10.7 Å². The number of nitrogens with zero attached hydrogens (tertiary/aromatic N) is 3. The molecule has 2 rings (SSSR count). The van der Waals surface area contributed by atoms with Crippen LogP contribution in [0.15, 0.2) is 49.7 Å². The molecule has 122 valence electrons. The Kier molecular flexibility index (Phi) is 5.98. The average Bonchev–Trinajstić information content (AvgIpc) is 3.00. The number of allylic oxidation sites excluding steroid dienone is 6. The first-order valence-electron chi connectivity index (χ1n) is 7.49. The normalized spacial score (nSPS) is 12.2. The second kappa shape index (κ2) is 8.17. The molecule has 0 saturated heterocycles. The van der Waals surface area contributed by atoms with Gasteiger partial charge in [-0.05, 0) is 26.0 Å². The number of rotatable bonds is 6. The van der Waals surface area contributed by atoms with E-state index in [0.717, 1.165) is 21.2 Å². The summed E-state index contributed by atoms with van der Waals surface area (Å²) in [6.07, 6.45) is 14.8. The third-order valence-electron chi connectivity index (χ3n) is 3.18. The van der Waals surface area contributed by atoms with Crippen LogP contribution in [0.1, 0.15) is 30.1 Å². The molecule has 0 amide bonds. The van der Waals surface area contributed by atoms with E-state index in [2.05, 4.69) is 28.1 Å². The first-order chi connectivity index (χ1) is 11.6. The van der Waals surface area contributed by atoms with Gasteiger partial charge in [-0.15, -0.1) is 11.3 Å². The lowest BCUT2D eigenvalue weighted by molar-refractivity contribution is 1.17. The number of thiazole rings is 1. The van der Waals surface area contributed by atoms with Gasteiger partial charge in [-0.3, -0.25) is 0 Å². The van der Waals surface area contributed by atoms with Gasteiger partial charge < -0.3 is 5.73 Å². The Hall–Kier alpha value is -2.79. The summed E-state index contributed by atoms with van der Waals surface area (Å²) in [5.41, 5.74) is 9.03. The van der Waals surface area contributed by atoms with Crippen LogP contribution in [0.4, 0.5) is 5.82 Å². The summed E-state index contributed by atoms with van der Waals surface area (Å²) in [6.45, 7) is 11.6. The molecule has 2 heterocycles. The molecule has 0 aliphatic rings. The number of hydrogen-bond acceptors (Lipinski definition) is 5. The summed E-state index contributed by atoms with van der Waals surface area (Å²) < 4.78 is 0. The van der Waals surface area contributed by atoms with Gasteiger partial charge in [0.25, 0.3) is 0 Å². The van der Waals surface area contributed by atoms with Gasteiger partial charge >= 0.3 is 0 Å². The highest BCUT2D eigenvalue weighted by atomic mass is 32.1. The topological polar surface area (TPSA) is 64.7 Å². The van der Waals surface area contributed by atoms with E-state index in [9.17, 15) is 0 Å². The van der Waals surface area contributed by atoms with Crippen LogP contribution in [0, 0.1) is 0 Å². The molecular weight excluding hydrogens is 316 g/mol. The zero-order chi connectivity index (χ0) is 17.5. The molecule has 0 aromatic carbocycles. The van der Waals surface area contributed by atoms with Crippen LogP contribution < -0.4 is 5.73 Å². The van der Waals surface area contributed by atoms with E-state index in [4.69, 9.17) is 5.73 Å². The van der Waals surface area contributed by atoms with E-state index in [-0.39, 0.29) is 0 Å². The lowest BCUT2D eigenvalue weighted by Crippen LogP contribution is -2.00. The first-order valence-corrected chi connectivity index (χ1v) is 8.30. The summed E-state index contributed by atoms with van der Waals surface area (Å²) in [7, 11) is 0. The monoisotopic (exact) mass is 336 g/mol. The van der Waals surface area contributed by atoms with E-state index in [0.29, 0.717) is 17.2 Å². The number of anilines is 1. The molecule has 24 heavy (non-hydrogen) atoms. The maximum absolute atomic E-state index is 6.03. The molecule has 2 aromatic heterocycles. The van der Waals surface area contributed by atoms with Crippen LogP contribution in [0.2, 0.25) is 0 Å². The lowest BCUT2D eigenvalue weighted by atomic mass is 10.1. The second-order valence-electron chi connectivity index (χ2n) is 4.81. The smallest absolute Gasteiger partial charge is 0.152 e. The maximum atomic E-state index is 6.03. The molecule has 0 radical (unpaired) electrons. The van der Waals surface area contributed by atoms with Crippen LogP contribution in [0.25, 0.3) is 28.4 Å². The zero-order valence-electron chi connectivity index (χ0n) is 13.9. The van der Waals surface area contributed by atoms with Crippen molar-refractivity contribution < 1.29 is 0 Å². The average molecular weight is 336 g/mol. The van der Waals surface area contributed by atoms with Crippen molar-refractivity contribution >= 4 is 34.9 Å². The highest BCUT2D eigenvalue weighted by Gasteiger charge is 2.15. The van der Waals surface area contributed by atoms with Gasteiger partial charge in [-0.25, -0.2) is 15.0 Å². The lowest BCUT2D eigenvalue weighted by Gasteiger charge is -2.05. The van der Waals surface area contributed by atoms with Crippen molar-refractivity contribution in [3.05, 3.63) is 66.0 Å². The molecule has 2 aromatic rings. The molecule has 0 fully saturated rings. The van der Waals surface area contributed by atoms with Crippen LogP contribution in [-0.2, 0) is 0 Å². The largest absolute Gasteiger partial charge is 0.382 e. The Morgan fingerprint density at radius 1 is 1.21 bits per heavy atom. The van der Waals surface area contributed by atoms with Crippen LogP contribution in [0.3, 0.4) is 0 Å². The predicted octanol–water partition coefficient (Wildman–Crippen LogP) is 5.00. The van der Waals surface area contributed by atoms with Crippen molar-refractivity contribution in [1.29, 1.82) is 0 Å². The van der Waals surface area contributed by atoms with Gasteiger partial charge in [0.1, 0.15) is 10.7 Å². The van der Waals surface area contributed by atoms with Gasteiger partial charge in [0.05, 0.1) is 22.5 Å². The molecule has 4 nitrogen and oxygen atoms in total. The molecule has 0 aliphatic carbocycles. The van der Waals surface area contributed by atoms with E-state index >= 15 is 0 Å². The van der Waals surface area contributed by atoms with Crippen molar-refractivity contribution in [2.45, 2.75) is 13.8 Å². The summed E-state index contributed by atoms with van der Waals surface area (Å²) in [5, 5.41) is 0.722. The van der Waals surface area contributed by atoms with Gasteiger partial charge in [-0.1, -0.05) is 43.5 Å². The SMILES string of the molecule is C=C/C(=C\C=C/C)c1cnc(N)c(-c2nc(/C=C\C)c(C=C)s2)n1. The molecule has 5 heteroatoms. The molecular formula is C19H20N4S. The minimum Gasteiger partial charge on any atom is -0.382 e. The summed E-state index contributed by atoms with van der Waals surface area (Å²) in [4.78, 5) is 14.5. The molecule has 0 unspecified atom stereocenters. The van der Waals surface area contributed by atoms with E-state index in [1.807, 2.05) is 44.2 Å². The highest BCUT2D eigenvalue weighted by Crippen LogP contribution is 2.31. The van der Waals surface area contributed by atoms with E-state index in [1.165, 1.54) is 11.3 Å². The minimum atomic E-state index is 0.351. The van der Waals surface area contributed by atoms with Crippen molar-refractivity contribution in [3.63, 3.8) is 0 Å². The van der Waals surface area contributed by atoms with Crippen molar-refractivity contribution in [2.75, 3.05) is 5.73 Å². The minimum absolute atomic E-state index is 0.351. The summed E-state index contributed by atoms with van der Waals surface area (Å²) >= 11 is 1.49. The van der Waals surface area contributed by atoms with Crippen LogP contribution in [0.5, 0.6) is 0 Å². The fourth-order valence-electron chi connectivity index (χ4n) is 2.02. The van der Waals surface area contributed by atoms with E-state index in [1.54, 1.807) is 18.3 Å². The standard InChI is InChI=1S/C19H20N4S/c1-5-9-11-13(7-3)15-12-21-18(20)17(22-15)19-23-14(10-6-2)16(8-4)24-19/h5-12H,3-4H2,1-2H3,(H2,20,21)/b9-5-,10-6-,13-11+. The fraction of sp³-hybridized carbons (Fsp3) is 0.105. The quantitative estimate of drug-likeness (QED) is 0.754. The summed E-state index contributed by atoms with van der Waals surface area (Å²) in [6, 6.07) is 0. The Bertz CT molecular complexity index is 841. The molecule has 2 N–H and O–H groups in total.